The molecule has 6 heterocycles. The molecule has 7 heteroatoms. The molecule has 0 aromatic carbocycles. The van der Waals surface area contributed by atoms with Gasteiger partial charge in [-0.15, -0.1) is 0 Å². The van der Waals surface area contributed by atoms with Crippen LogP contribution in [-0.4, -0.2) is 47.9 Å². The molecule has 3 aromatic heterocycles. The predicted octanol–water partition coefficient (Wildman–Crippen LogP) is -0.284. The third kappa shape index (κ3) is 3.12. The van der Waals surface area contributed by atoms with Gasteiger partial charge in [0.25, 0.3) is 0 Å². The summed E-state index contributed by atoms with van der Waals surface area (Å²) in [4.78, 5) is 19.1. The Kier molecular flexibility index (Phi) is 3.46. The molecular weight excluding hydrogens is 362 g/mol. The molecule has 0 fully saturated rings. The smallest absolute Gasteiger partial charge is 0.0979 e. The maximum absolute atomic E-state index is 3.49. The van der Waals surface area contributed by atoms with Crippen molar-refractivity contribution in [1.29, 1.82) is 0 Å². The van der Waals surface area contributed by atoms with Crippen molar-refractivity contribution in [3.63, 3.8) is 0 Å². The second-order valence-electron chi connectivity index (χ2n) is 7.48. The fraction of sp³-hybridized carbons (Fsp3) is 0.0909. The zero-order valence-electron chi connectivity index (χ0n) is 15.8. The second kappa shape index (κ2) is 6.27. The standard InChI is InChI=1S/C22H21N7/c1-2-18-12-27-8-10-29(16-27)14-20-4-6-22(25-20)21-5-3-19(24-21)13-28-9-7-26(15-28)11-17(1)23-18/h1-14,23-25H,15-16H2/b17-11-,18-12?,19-13-,20-14-,22-21-. The lowest BCUT2D eigenvalue weighted by molar-refractivity contribution is 0.436. The van der Waals surface area contributed by atoms with Crippen molar-refractivity contribution in [3.8, 4) is 0 Å². The summed E-state index contributed by atoms with van der Waals surface area (Å²) in [5.74, 6) is 0. The van der Waals surface area contributed by atoms with E-state index in [9.17, 15) is 0 Å². The average Bonchev–Trinajstić information content (AvgIpc) is 3.50. The van der Waals surface area contributed by atoms with Crippen LogP contribution in [0.25, 0.3) is 24.8 Å². The predicted molar refractivity (Wildman–Crippen MR) is 112 cm³/mol. The lowest BCUT2D eigenvalue weighted by atomic mass is 10.5. The Morgan fingerprint density at radius 3 is 1.21 bits per heavy atom. The Hall–Kier alpha value is -4.00. The van der Waals surface area contributed by atoms with Gasteiger partial charge in [0.2, 0.25) is 0 Å². The maximum atomic E-state index is 3.49. The van der Waals surface area contributed by atoms with E-state index in [4.69, 9.17) is 0 Å². The number of fused-ring (bicyclic) bond motifs is 10. The van der Waals surface area contributed by atoms with Crippen LogP contribution in [0.5, 0.6) is 0 Å². The van der Waals surface area contributed by atoms with Gasteiger partial charge in [0, 0.05) is 49.6 Å². The van der Waals surface area contributed by atoms with Crippen LogP contribution in [-0.2, 0) is 0 Å². The Labute approximate surface area is 166 Å². The Bertz CT molecular complexity index is 1340. The van der Waals surface area contributed by atoms with Gasteiger partial charge in [0.15, 0.2) is 0 Å². The Morgan fingerprint density at radius 1 is 0.448 bits per heavy atom. The van der Waals surface area contributed by atoms with E-state index in [1.807, 2.05) is 0 Å². The largest absolute Gasteiger partial charge is 0.353 e. The van der Waals surface area contributed by atoms with E-state index in [2.05, 4.69) is 121 Å². The fourth-order valence-corrected chi connectivity index (χ4v) is 3.83. The summed E-state index contributed by atoms with van der Waals surface area (Å²) in [6.07, 6.45) is 16.8. The highest BCUT2D eigenvalue weighted by molar-refractivity contribution is 5.32. The van der Waals surface area contributed by atoms with Crippen molar-refractivity contribution in [3.05, 3.63) is 93.3 Å². The highest BCUT2D eigenvalue weighted by Crippen LogP contribution is 2.08. The summed E-state index contributed by atoms with van der Waals surface area (Å²) in [6.45, 7) is 1.55. The molecular formula is C22H21N7. The highest BCUT2D eigenvalue weighted by Gasteiger charge is 2.09. The van der Waals surface area contributed by atoms with Gasteiger partial charge in [-0.2, -0.15) is 0 Å². The van der Waals surface area contributed by atoms with E-state index >= 15 is 0 Å². The van der Waals surface area contributed by atoms with E-state index in [0.29, 0.717) is 0 Å². The summed E-state index contributed by atoms with van der Waals surface area (Å²) in [7, 11) is 0. The molecule has 29 heavy (non-hydrogen) atoms. The van der Waals surface area contributed by atoms with Gasteiger partial charge >= 0.3 is 0 Å². The van der Waals surface area contributed by atoms with E-state index in [1.165, 1.54) is 0 Å². The van der Waals surface area contributed by atoms with Crippen LogP contribution in [0.3, 0.4) is 0 Å². The van der Waals surface area contributed by atoms with E-state index in [0.717, 1.165) is 45.4 Å². The normalized spacial score (nSPS) is 22.0. The van der Waals surface area contributed by atoms with Gasteiger partial charge in [-0.3, -0.25) is 0 Å². The van der Waals surface area contributed by atoms with Crippen molar-refractivity contribution in [2.45, 2.75) is 0 Å². The molecule has 3 aliphatic rings. The minimum atomic E-state index is 0.776. The van der Waals surface area contributed by atoms with E-state index in [1.54, 1.807) is 0 Å². The molecule has 0 spiro atoms. The maximum Gasteiger partial charge on any atom is 0.0979 e. The highest BCUT2D eigenvalue weighted by atomic mass is 15.3. The number of nitrogens with zero attached hydrogens (tertiary/aromatic N) is 4. The quantitative estimate of drug-likeness (QED) is 0.500. The van der Waals surface area contributed by atoms with Crippen LogP contribution >= 0.6 is 0 Å². The molecule has 0 atom stereocenters. The van der Waals surface area contributed by atoms with Crippen LogP contribution in [0, 0.1) is 10.7 Å². The lowest BCUT2D eigenvalue weighted by Crippen LogP contribution is -2.23. The zero-order valence-corrected chi connectivity index (χ0v) is 15.8. The Morgan fingerprint density at radius 2 is 0.793 bits per heavy atom. The topological polar surface area (TPSA) is 60.3 Å². The number of aromatic amines is 3. The molecule has 0 unspecified atom stereocenters. The first kappa shape index (κ1) is 16.0. The first-order valence-electron chi connectivity index (χ1n) is 9.63. The second-order valence-corrected chi connectivity index (χ2v) is 7.48. The minimum Gasteiger partial charge on any atom is -0.353 e. The van der Waals surface area contributed by atoms with Crippen molar-refractivity contribution < 1.29 is 0 Å². The molecule has 144 valence electrons. The Balaban J connectivity index is 1.50. The molecule has 3 aliphatic heterocycles. The summed E-state index contributed by atoms with van der Waals surface area (Å²) in [5.41, 5.74) is 0. The van der Waals surface area contributed by atoms with Crippen molar-refractivity contribution in [2.75, 3.05) is 13.3 Å². The summed E-state index contributed by atoms with van der Waals surface area (Å²) < 4.78 is 0. The van der Waals surface area contributed by atoms with E-state index in [-0.39, 0.29) is 0 Å². The first-order chi connectivity index (χ1) is 14.3. The molecule has 3 N–H and O–H groups in total. The van der Waals surface area contributed by atoms with E-state index < -0.39 is 0 Å². The SMILES string of the molecule is C1=CN2/C=c3/cc/c([nH]3)=c3\cc/c([nH]3)=C/N3C=CN(/C=c4/ccc([nH]4)=CN1C2)C3. The third-order valence-corrected chi connectivity index (χ3v) is 5.21. The van der Waals surface area contributed by atoms with Crippen molar-refractivity contribution in [2.24, 2.45) is 0 Å². The summed E-state index contributed by atoms with van der Waals surface area (Å²) >= 11 is 0. The first-order valence-corrected chi connectivity index (χ1v) is 9.63. The van der Waals surface area contributed by atoms with Crippen LogP contribution in [0.4, 0.5) is 0 Å². The van der Waals surface area contributed by atoms with Crippen LogP contribution < -0.4 is 21.4 Å². The third-order valence-electron chi connectivity index (χ3n) is 5.21. The minimum absolute atomic E-state index is 0.776. The van der Waals surface area contributed by atoms with Crippen LogP contribution in [0.2, 0.25) is 0 Å². The molecule has 7 nitrogen and oxygen atoms in total. The number of hydrogen-bond acceptors (Lipinski definition) is 4. The van der Waals surface area contributed by atoms with Crippen molar-refractivity contribution in [1.82, 2.24) is 34.6 Å². The molecule has 0 saturated heterocycles. The van der Waals surface area contributed by atoms with Crippen molar-refractivity contribution >= 4 is 24.8 Å². The number of nitrogens with one attached hydrogen (secondary N) is 3. The number of aromatic nitrogens is 3. The molecule has 10 bridgehead atoms. The summed E-state index contributed by atoms with van der Waals surface area (Å²) in [5, 5.41) is 6.44. The molecule has 0 radical (unpaired) electrons. The van der Waals surface area contributed by atoms with Gasteiger partial charge in [-0.1, -0.05) is 0 Å². The van der Waals surface area contributed by atoms with Gasteiger partial charge < -0.3 is 34.6 Å². The molecule has 0 aliphatic carbocycles. The monoisotopic (exact) mass is 383 g/mol. The van der Waals surface area contributed by atoms with Gasteiger partial charge in [-0.25, -0.2) is 0 Å². The van der Waals surface area contributed by atoms with Crippen LogP contribution in [0.1, 0.15) is 0 Å². The number of rotatable bonds is 0. The fourth-order valence-electron chi connectivity index (χ4n) is 3.83. The van der Waals surface area contributed by atoms with Crippen LogP contribution in [0.15, 0.2) is 61.2 Å². The number of H-pyrrole nitrogens is 3. The lowest BCUT2D eigenvalue weighted by Gasteiger charge is -2.14. The summed E-state index contributed by atoms with van der Waals surface area (Å²) in [6, 6.07) is 12.6. The number of hydrogen-bond donors (Lipinski definition) is 3. The molecule has 0 saturated carbocycles. The van der Waals surface area contributed by atoms with Gasteiger partial charge in [-0.05, 0) is 36.4 Å². The molecule has 6 rings (SSSR count). The average molecular weight is 383 g/mol. The molecule has 3 aromatic rings. The van der Waals surface area contributed by atoms with Gasteiger partial charge in [0.1, 0.15) is 0 Å². The molecule has 0 amide bonds. The zero-order chi connectivity index (χ0) is 19.2. The van der Waals surface area contributed by atoms with Gasteiger partial charge in [0.05, 0.1) is 45.4 Å².